The molecule has 2 aliphatic rings. The van der Waals surface area contributed by atoms with E-state index < -0.39 is 0 Å². The highest BCUT2D eigenvalue weighted by Crippen LogP contribution is 2.33. The van der Waals surface area contributed by atoms with Crippen molar-refractivity contribution in [3.05, 3.63) is 47.5 Å². The van der Waals surface area contributed by atoms with Crippen molar-refractivity contribution in [1.29, 1.82) is 0 Å². The second-order valence-corrected chi connectivity index (χ2v) is 7.54. The van der Waals surface area contributed by atoms with Crippen molar-refractivity contribution in [3.63, 3.8) is 0 Å². The van der Waals surface area contributed by atoms with E-state index in [0.717, 1.165) is 43.4 Å². The number of piperidine rings is 1. The quantitative estimate of drug-likeness (QED) is 0.882. The van der Waals surface area contributed by atoms with Gasteiger partial charge in [-0.1, -0.05) is 17.7 Å². The molecule has 6 heteroatoms. The average molecular weight is 359 g/mol. The third-order valence-electron chi connectivity index (χ3n) is 5.05. The molecule has 1 saturated heterocycles. The number of hydrogen-bond acceptors (Lipinski definition) is 2. The molecule has 1 aliphatic carbocycles. The molecule has 1 saturated carbocycles. The zero-order valence-corrected chi connectivity index (χ0v) is 15.0. The van der Waals surface area contributed by atoms with Gasteiger partial charge in [-0.3, -0.25) is 0 Å². The summed E-state index contributed by atoms with van der Waals surface area (Å²) in [6, 6.07) is 7.20. The first kappa shape index (κ1) is 16.5. The molecule has 25 heavy (non-hydrogen) atoms. The Kier molecular flexibility index (Phi) is 4.66. The smallest absolute Gasteiger partial charge is 0.321 e. The van der Waals surface area contributed by atoms with Gasteiger partial charge in [-0.25, -0.2) is 9.78 Å². The van der Waals surface area contributed by atoms with Crippen molar-refractivity contribution in [1.82, 2.24) is 14.5 Å². The van der Waals surface area contributed by atoms with E-state index in [0.29, 0.717) is 17.5 Å². The van der Waals surface area contributed by atoms with Crippen LogP contribution in [0.25, 0.3) is 0 Å². The predicted molar refractivity (Wildman–Crippen MR) is 99.0 cm³/mol. The number of rotatable bonds is 4. The van der Waals surface area contributed by atoms with E-state index in [2.05, 4.69) is 21.1 Å². The summed E-state index contributed by atoms with van der Waals surface area (Å²) in [6.45, 7) is 2.57. The van der Waals surface area contributed by atoms with Crippen LogP contribution in [0.4, 0.5) is 10.5 Å². The molecule has 2 fully saturated rings. The minimum absolute atomic E-state index is 0.0627. The Bertz CT molecular complexity index is 755. The van der Waals surface area contributed by atoms with E-state index in [1.54, 1.807) is 12.1 Å². The Hall–Kier alpha value is -2.01. The first-order chi connectivity index (χ1) is 12.2. The highest BCUT2D eigenvalue weighted by molar-refractivity contribution is 6.30. The number of urea groups is 1. The summed E-state index contributed by atoms with van der Waals surface area (Å²) in [5.74, 6) is 2.26. The molecule has 2 heterocycles. The summed E-state index contributed by atoms with van der Waals surface area (Å²) >= 11 is 5.99. The van der Waals surface area contributed by atoms with Gasteiger partial charge in [0.05, 0.1) is 0 Å². The lowest BCUT2D eigenvalue weighted by atomic mass is 9.97. The van der Waals surface area contributed by atoms with Gasteiger partial charge >= 0.3 is 6.03 Å². The van der Waals surface area contributed by atoms with Gasteiger partial charge in [0, 0.05) is 48.7 Å². The number of nitrogens with zero attached hydrogens (tertiary/aromatic N) is 3. The molecule has 0 spiro atoms. The first-order valence-electron chi connectivity index (χ1n) is 9.01. The second kappa shape index (κ2) is 7.08. The maximum absolute atomic E-state index is 12.6. The minimum Gasteiger partial charge on any atom is -0.334 e. The van der Waals surface area contributed by atoms with Crippen LogP contribution in [-0.2, 0) is 6.54 Å². The molecule has 1 aliphatic heterocycles. The molecular formula is C19H23ClN4O. The van der Waals surface area contributed by atoms with Crippen LogP contribution in [-0.4, -0.2) is 33.6 Å². The summed E-state index contributed by atoms with van der Waals surface area (Å²) in [6.07, 6.45) is 8.72. The molecule has 1 N–H and O–H groups in total. The second-order valence-electron chi connectivity index (χ2n) is 7.11. The van der Waals surface area contributed by atoms with E-state index in [9.17, 15) is 4.79 Å². The van der Waals surface area contributed by atoms with Gasteiger partial charge in [0.25, 0.3) is 0 Å². The predicted octanol–water partition coefficient (Wildman–Crippen LogP) is 4.36. The largest absolute Gasteiger partial charge is 0.334 e. The molecule has 0 unspecified atom stereocenters. The summed E-state index contributed by atoms with van der Waals surface area (Å²) in [7, 11) is 0. The third-order valence-corrected chi connectivity index (χ3v) is 5.28. The number of benzene rings is 1. The Morgan fingerprint density at radius 1 is 1.32 bits per heavy atom. The standard InChI is InChI=1S/C19H23ClN4O/c20-16-4-1-5-17(11-16)22-19(25)24-9-2-3-15(13-24)18-21-8-10-23(18)12-14-6-7-14/h1,4-5,8,10-11,14-15H,2-3,6-7,9,12-13H2,(H,22,25)/t15-/m1/s1. The Labute approximate surface area is 153 Å². The number of nitrogens with one attached hydrogen (secondary N) is 1. The Morgan fingerprint density at radius 2 is 2.20 bits per heavy atom. The first-order valence-corrected chi connectivity index (χ1v) is 9.39. The molecule has 2 amide bonds. The number of anilines is 1. The van der Waals surface area contributed by atoms with Crippen molar-refractivity contribution >= 4 is 23.3 Å². The molecular weight excluding hydrogens is 336 g/mol. The molecule has 132 valence electrons. The van der Waals surface area contributed by atoms with Gasteiger partial charge in [-0.2, -0.15) is 0 Å². The van der Waals surface area contributed by atoms with Crippen LogP contribution in [0.1, 0.15) is 37.4 Å². The summed E-state index contributed by atoms with van der Waals surface area (Å²) in [5, 5.41) is 3.57. The van der Waals surface area contributed by atoms with Crippen LogP contribution in [0.2, 0.25) is 5.02 Å². The van der Waals surface area contributed by atoms with Gasteiger partial charge in [-0.15, -0.1) is 0 Å². The van der Waals surface area contributed by atoms with E-state index >= 15 is 0 Å². The topological polar surface area (TPSA) is 50.2 Å². The van der Waals surface area contributed by atoms with Crippen LogP contribution in [0, 0.1) is 5.92 Å². The number of hydrogen-bond donors (Lipinski definition) is 1. The number of imidazole rings is 1. The van der Waals surface area contributed by atoms with Crippen molar-refractivity contribution < 1.29 is 4.79 Å². The van der Waals surface area contributed by atoms with Crippen LogP contribution < -0.4 is 5.32 Å². The Morgan fingerprint density at radius 3 is 3.00 bits per heavy atom. The number of amides is 2. The van der Waals surface area contributed by atoms with Crippen molar-refractivity contribution in [2.45, 2.75) is 38.1 Å². The lowest BCUT2D eigenvalue weighted by molar-refractivity contribution is 0.190. The summed E-state index contributed by atoms with van der Waals surface area (Å²) in [4.78, 5) is 19.1. The highest BCUT2D eigenvalue weighted by Gasteiger charge is 2.29. The van der Waals surface area contributed by atoms with Gasteiger partial charge in [0.15, 0.2) is 0 Å². The molecule has 2 aromatic rings. The van der Waals surface area contributed by atoms with Crippen LogP contribution in [0.3, 0.4) is 0 Å². The number of halogens is 1. The van der Waals surface area contributed by atoms with Gasteiger partial charge in [0.2, 0.25) is 0 Å². The number of carbonyl (C=O) groups excluding carboxylic acids is 1. The summed E-state index contributed by atoms with van der Waals surface area (Å²) < 4.78 is 2.29. The highest BCUT2D eigenvalue weighted by atomic mass is 35.5. The molecule has 0 bridgehead atoms. The van der Waals surface area contributed by atoms with E-state index in [1.165, 1.54) is 12.8 Å². The van der Waals surface area contributed by atoms with Gasteiger partial charge < -0.3 is 14.8 Å². The van der Waals surface area contributed by atoms with Crippen LogP contribution in [0.5, 0.6) is 0 Å². The fourth-order valence-corrected chi connectivity index (χ4v) is 3.75. The lowest BCUT2D eigenvalue weighted by Crippen LogP contribution is -2.42. The minimum atomic E-state index is -0.0627. The fourth-order valence-electron chi connectivity index (χ4n) is 3.55. The van der Waals surface area contributed by atoms with Crippen molar-refractivity contribution in [2.75, 3.05) is 18.4 Å². The van der Waals surface area contributed by atoms with E-state index in [4.69, 9.17) is 11.6 Å². The number of likely N-dealkylation sites (tertiary alicyclic amines) is 1. The lowest BCUT2D eigenvalue weighted by Gasteiger charge is -2.32. The zero-order valence-electron chi connectivity index (χ0n) is 14.2. The van der Waals surface area contributed by atoms with Gasteiger partial charge in [-0.05, 0) is 49.8 Å². The molecule has 0 radical (unpaired) electrons. The van der Waals surface area contributed by atoms with Crippen LogP contribution >= 0.6 is 11.6 Å². The monoisotopic (exact) mass is 358 g/mol. The van der Waals surface area contributed by atoms with Crippen LogP contribution in [0.15, 0.2) is 36.7 Å². The normalized spacial score (nSPS) is 20.5. The SMILES string of the molecule is O=C(Nc1cccc(Cl)c1)N1CCC[C@@H](c2nccn2CC2CC2)C1. The molecule has 1 aromatic carbocycles. The van der Waals surface area contributed by atoms with Gasteiger partial charge in [0.1, 0.15) is 5.82 Å². The molecule has 1 aromatic heterocycles. The van der Waals surface area contributed by atoms with E-state index in [-0.39, 0.29) is 6.03 Å². The fraction of sp³-hybridized carbons (Fsp3) is 0.474. The molecule has 1 atom stereocenters. The number of carbonyl (C=O) groups is 1. The van der Waals surface area contributed by atoms with Crippen molar-refractivity contribution in [3.8, 4) is 0 Å². The van der Waals surface area contributed by atoms with Crippen molar-refractivity contribution in [2.24, 2.45) is 5.92 Å². The average Bonchev–Trinajstić information content (AvgIpc) is 3.30. The number of aromatic nitrogens is 2. The molecule has 5 nitrogen and oxygen atoms in total. The molecule has 4 rings (SSSR count). The maximum atomic E-state index is 12.6. The maximum Gasteiger partial charge on any atom is 0.321 e. The Balaban J connectivity index is 1.42. The third kappa shape index (κ3) is 3.98. The zero-order chi connectivity index (χ0) is 17.2. The van der Waals surface area contributed by atoms with E-state index in [1.807, 2.05) is 23.2 Å². The summed E-state index contributed by atoms with van der Waals surface area (Å²) in [5.41, 5.74) is 0.731.